The lowest BCUT2D eigenvalue weighted by atomic mass is 9.91. The monoisotopic (exact) mass is 327 g/mol. The van der Waals surface area contributed by atoms with E-state index in [4.69, 9.17) is 5.73 Å². The molecule has 0 amide bonds. The highest BCUT2D eigenvalue weighted by atomic mass is 79.9. The van der Waals surface area contributed by atoms with Crippen molar-refractivity contribution < 1.29 is 0 Å². The zero-order chi connectivity index (χ0) is 13.1. The third-order valence-corrected chi connectivity index (χ3v) is 5.95. The van der Waals surface area contributed by atoms with Crippen LogP contribution in [0.15, 0.2) is 27.6 Å². The van der Waals surface area contributed by atoms with E-state index in [-0.39, 0.29) is 6.04 Å². The minimum absolute atomic E-state index is 0.107. The Balaban J connectivity index is 2.05. The molecule has 1 nitrogen and oxygen atoms in total. The predicted octanol–water partition coefficient (Wildman–Crippen LogP) is 5.14. The average molecular weight is 328 g/mol. The van der Waals surface area contributed by atoms with E-state index in [1.165, 1.54) is 40.6 Å². The summed E-state index contributed by atoms with van der Waals surface area (Å²) < 4.78 is 1.19. The normalized spacial score (nSPS) is 26.0. The second-order valence-corrected chi connectivity index (χ2v) is 7.69. The van der Waals surface area contributed by atoms with Gasteiger partial charge in [0.25, 0.3) is 0 Å². The van der Waals surface area contributed by atoms with Gasteiger partial charge in [-0.25, -0.2) is 0 Å². The van der Waals surface area contributed by atoms with Crippen molar-refractivity contribution in [1.29, 1.82) is 0 Å². The molecule has 1 saturated carbocycles. The van der Waals surface area contributed by atoms with Gasteiger partial charge in [0.05, 0.1) is 0 Å². The van der Waals surface area contributed by atoms with Crippen LogP contribution in [0.4, 0.5) is 0 Å². The molecule has 1 aliphatic carbocycles. The Bertz CT molecular complexity index is 405. The van der Waals surface area contributed by atoms with Crippen LogP contribution in [0.5, 0.6) is 0 Å². The quantitative estimate of drug-likeness (QED) is 0.831. The van der Waals surface area contributed by atoms with Crippen molar-refractivity contribution in [2.75, 3.05) is 0 Å². The fraction of sp³-hybridized carbons (Fsp3) is 0.600. The van der Waals surface area contributed by atoms with Crippen LogP contribution in [-0.2, 0) is 0 Å². The van der Waals surface area contributed by atoms with Crippen molar-refractivity contribution in [2.24, 2.45) is 11.7 Å². The van der Waals surface area contributed by atoms with Gasteiger partial charge in [-0.3, -0.25) is 0 Å². The maximum atomic E-state index is 5.91. The van der Waals surface area contributed by atoms with Gasteiger partial charge in [0, 0.05) is 20.7 Å². The van der Waals surface area contributed by atoms with Gasteiger partial charge in [0.2, 0.25) is 0 Å². The first kappa shape index (κ1) is 14.4. The molecule has 1 aromatic carbocycles. The zero-order valence-corrected chi connectivity index (χ0v) is 13.6. The SMILES string of the molecule is CC1CCCC(Sc2ccc(C(C)N)cc2Br)C1. The van der Waals surface area contributed by atoms with Gasteiger partial charge < -0.3 is 5.73 Å². The average Bonchev–Trinajstić information content (AvgIpc) is 2.31. The van der Waals surface area contributed by atoms with E-state index < -0.39 is 0 Å². The third-order valence-electron chi connectivity index (χ3n) is 3.66. The molecule has 2 rings (SSSR count). The van der Waals surface area contributed by atoms with E-state index in [1.807, 2.05) is 18.7 Å². The van der Waals surface area contributed by atoms with Crippen LogP contribution >= 0.6 is 27.7 Å². The highest BCUT2D eigenvalue weighted by Gasteiger charge is 2.20. The van der Waals surface area contributed by atoms with Crippen molar-refractivity contribution in [3.05, 3.63) is 28.2 Å². The molecule has 3 atom stereocenters. The second kappa shape index (κ2) is 6.44. The van der Waals surface area contributed by atoms with Gasteiger partial charge >= 0.3 is 0 Å². The van der Waals surface area contributed by atoms with Crippen LogP contribution < -0.4 is 5.73 Å². The van der Waals surface area contributed by atoms with Crippen LogP contribution in [0.25, 0.3) is 0 Å². The van der Waals surface area contributed by atoms with Crippen LogP contribution in [0.2, 0.25) is 0 Å². The van der Waals surface area contributed by atoms with Crippen molar-refractivity contribution in [1.82, 2.24) is 0 Å². The Morgan fingerprint density at radius 2 is 2.17 bits per heavy atom. The molecule has 18 heavy (non-hydrogen) atoms. The Labute approximate surface area is 123 Å². The van der Waals surface area contributed by atoms with Gasteiger partial charge in [-0.05, 0) is 59.3 Å². The highest BCUT2D eigenvalue weighted by molar-refractivity contribution is 9.10. The molecule has 0 bridgehead atoms. The van der Waals surface area contributed by atoms with Crippen molar-refractivity contribution in [3.8, 4) is 0 Å². The highest BCUT2D eigenvalue weighted by Crippen LogP contribution is 2.39. The van der Waals surface area contributed by atoms with Gasteiger partial charge in [-0.2, -0.15) is 0 Å². The first-order valence-corrected chi connectivity index (χ1v) is 8.45. The Morgan fingerprint density at radius 1 is 1.39 bits per heavy atom. The largest absolute Gasteiger partial charge is 0.324 e. The molecular formula is C15H22BrNS. The van der Waals surface area contributed by atoms with Crippen LogP contribution in [-0.4, -0.2) is 5.25 Å². The minimum atomic E-state index is 0.107. The molecule has 0 spiro atoms. The van der Waals surface area contributed by atoms with E-state index in [0.717, 1.165) is 11.2 Å². The van der Waals surface area contributed by atoms with Crippen molar-refractivity contribution >= 4 is 27.7 Å². The van der Waals surface area contributed by atoms with Crippen molar-refractivity contribution in [2.45, 2.75) is 55.7 Å². The van der Waals surface area contributed by atoms with Gasteiger partial charge in [-0.1, -0.05) is 25.8 Å². The zero-order valence-electron chi connectivity index (χ0n) is 11.2. The summed E-state index contributed by atoms with van der Waals surface area (Å²) >= 11 is 5.71. The number of hydrogen-bond donors (Lipinski definition) is 1. The molecule has 100 valence electrons. The number of thioether (sulfide) groups is 1. The lowest BCUT2D eigenvalue weighted by Crippen LogP contribution is -2.15. The first-order valence-electron chi connectivity index (χ1n) is 6.78. The number of benzene rings is 1. The molecular weight excluding hydrogens is 306 g/mol. The maximum absolute atomic E-state index is 5.91. The Kier molecular flexibility index (Phi) is 5.16. The van der Waals surface area contributed by atoms with Gasteiger partial charge in [0.1, 0.15) is 0 Å². The van der Waals surface area contributed by atoms with Crippen LogP contribution in [0.3, 0.4) is 0 Å². The molecule has 0 saturated heterocycles. The van der Waals surface area contributed by atoms with E-state index in [9.17, 15) is 0 Å². The third kappa shape index (κ3) is 3.75. The molecule has 3 heteroatoms. The molecule has 2 N–H and O–H groups in total. The number of nitrogens with two attached hydrogens (primary N) is 1. The van der Waals surface area contributed by atoms with Crippen LogP contribution in [0, 0.1) is 5.92 Å². The Hall–Kier alpha value is 0.01000. The fourth-order valence-electron chi connectivity index (χ4n) is 2.56. The summed E-state index contributed by atoms with van der Waals surface area (Å²) in [5.74, 6) is 0.887. The minimum Gasteiger partial charge on any atom is -0.324 e. The predicted molar refractivity (Wildman–Crippen MR) is 84.0 cm³/mol. The van der Waals surface area contributed by atoms with E-state index in [2.05, 4.69) is 41.1 Å². The summed E-state index contributed by atoms with van der Waals surface area (Å²) in [6.45, 7) is 4.40. The Morgan fingerprint density at radius 3 is 2.78 bits per heavy atom. The molecule has 0 radical (unpaired) electrons. The van der Waals surface area contributed by atoms with Crippen LogP contribution in [0.1, 0.15) is 51.1 Å². The number of rotatable bonds is 3. The molecule has 0 aromatic heterocycles. The fourth-order valence-corrected chi connectivity index (χ4v) is 4.62. The lowest BCUT2D eigenvalue weighted by Gasteiger charge is -2.26. The number of halogens is 1. The summed E-state index contributed by atoms with van der Waals surface area (Å²) in [7, 11) is 0. The molecule has 1 aliphatic rings. The second-order valence-electron chi connectivity index (χ2n) is 5.49. The summed E-state index contributed by atoms with van der Waals surface area (Å²) in [6.07, 6.45) is 5.50. The molecule has 1 aromatic rings. The first-order chi connectivity index (χ1) is 8.56. The molecule has 0 aliphatic heterocycles. The van der Waals surface area contributed by atoms with Gasteiger partial charge in [-0.15, -0.1) is 11.8 Å². The van der Waals surface area contributed by atoms with E-state index in [0.29, 0.717) is 0 Å². The molecule has 0 heterocycles. The summed E-state index contributed by atoms with van der Waals surface area (Å²) in [5.41, 5.74) is 7.10. The lowest BCUT2D eigenvalue weighted by molar-refractivity contribution is 0.394. The summed E-state index contributed by atoms with van der Waals surface area (Å²) in [4.78, 5) is 1.36. The van der Waals surface area contributed by atoms with Crippen molar-refractivity contribution in [3.63, 3.8) is 0 Å². The maximum Gasteiger partial charge on any atom is 0.0314 e. The number of hydrogen-bond acceptors (Lipinski definition) is 2. The standard InChI is InChI=1S/C15H22BrNS/c1-10-4-3-5-13(8-10)18-15-7-6-12(11(2)17)9-14(15)16/h6-7,9-11,13H,3-5,8,17H2,1-2H3. The van der Waals surface area contributed by atoms with E-state index >= 15 is 0 Å². The molecule has 1 fully saturated rings. The summed E-state index contributed by atoms with van der Waals surface area (Å²) in [6, 6.07) is 6.64. The summed E-state index contributed by atoms with van der Waals surface area (Å²) in [5, 5.41) is 0.784. The topological polar surface area (TPSA) is 26.0 Å². The van der Waals surface area contributed by atoms with Gasteiger partial charge in [0.15, 0.2) is 0 Å². The smallest absolute Gasteiger partial charge is 0.0314 e. The van der Waals surface area contributed by atoms with E-state index in [1.54, 1.807) is 0 Å². The molecule has 3 unspecified atom stereocenters.